The predicted molar refractivity (Wildman–Crippen MR) is 36.3 cm³/mol. The SMILES string of the molecule is CC.FC1CCOCC1. The van der Waals surface area contributed by atoms with Crippen molar-refractivity contribution in [3.63, 3.8) is 0 Å². The molecule has 0 atom stereocenters. The second-order valence-corrected chi connectivity index (χ2v) is 1.79. The van der Waals surface area contributed by atoms with Crippen LogP contribution in [0.25, 0.3) is 0 Å². The first-order valence-electron chi connectivity index (χ1n) is 3.61. The first-order valence-corrected chi connectivity index (χ1v) is 3.61. The van der Waals surface area contributed by atoms with Crippen molar-refractivity contribution in [3.05, 3.63) is 0 Å². The van der Waals surface area contributed by atoms with E-state index >= 15 is 0 Å². The summed E-state index contributed by atoms with van der Waals surface area (Å²) in [5, 5.41) is 0. The molecule has 1 heterocycles. The minimum atomic E-state index is -0.589. The monoisotopic (exact) mass is 134 g/mol. The normalized spacial score (nSPS) is 20.3. The minimum absolute atomic E-state index is 0.589. The van der Waals surface area contributed by atoms with Crippen LogP contribution in [0.15, 0.2) is 0 Å². The molecule has 0 aliphatic carbocycles. The minimum Gasteiger partial charge on any atom is -0.381 e. The molecular formula is C7H15FO. The van der Waals surface area contributed by atoms with Crippen LogP contribution in [0.5, 0.6) is 0 Å². The molecule has 1 nitrogen and oxygen atoms in total. The summed E-state index contributed by atoms with van der Waals surface area (Å²) in [6.45, 7) is 5.22. The highest BCUT2D eigenvalue weighted by Crippen LogP contribution is 2.08. The molecule has 56 valence electrons. The Bertz CT molecular complexity index is 50.9. The summed E-state index contributed by atoms with van der Waals surface area (Å²) >= 11 is 0. The molecular weight excluding hydrogens is 119 g/mol. The van der Waals surface area contributed by atoms with Gasteiger partial charge in [-0.15, -0.1) is 0 Å². The fourth-order valence-corrected chi connectivity index (χ4v) is 0.669. The lowest BCUT2D eigenvalue weighted by molar-refractivity contribution is 0.0515. The van der Waals surface area contributed by atoms with Gasteiger partial charge in [0.25, 0.3) is 0 Å². The molecule has 0 unspecified atom stereocenters. The lowest BCUT2D eigenvalue weighted by Gasteiger charge is -2.13. The number of ether oxygens (including phenoxy) is 1. The molecule has 0 amide bonds. The molecule has 0 bridgehead atoms. The molecule has 9 heavy (non-hydrogen) atoms. The van der Waals surface area contributed by atoms with E-state index in [1.165, 1.54) is 0 Å². The van der Waals surface area contributed by atoms with Gasteiger partial charge in [0.1, 0.15) is 6.17 Å². The van der Waals surface area contributed by atoms with Crippen LogP contribution in [0.4, 0.5) is 4.39 Å². The van der Waals surface area contributed by atoms with Crippen molar-refractivity contribution >= 4 is 0 Å². The quantitative estimate of drug-likeness (QED) is 0.493. The Morgan fingerprint density at radius 3 is 1.89 bits per heavy atom. The van der Waals surface area contributed by atoms with Crippen molar-refractivity contribution < 1.29 is 9.13 Å². The third-order valence-corrected chi connectivity index (χ3v) is 1.15. The van der Waals surface area contributed by atoms with Gasteiger partial charge in [0, 0.05) is 26.1 Å². The van der Waals surface area contributed by atoms with Crippen molar-refractivity contribution in [3.8, 4) is 0 Å². The summed E-state index contributed by atoms with van der Waals surface area (Å²) in [6, 6.07) is 0. The lowest BCUT2D eigenvalue weighted by Crippen LogP contribution is -2.15. The summed E-state index contributed by atoms with van der Waals surface area (Å²) in [4.78, 5) is 0. The van der Waals surface area contributed by atoms with Crippen molar-refractivity contribution in [2.24, 2.45) is 0 Å². The van der Waals surface area contributed by atoms with E-state index in [4.69, 9.17) is 4.74 Å². The zero-order valence-electron chi connectivity index (χ0n) is 6.19. The predicted octanol–water partition coefficient (Wildman–Crippen LogP) is 2.16. The van der Waals surface area contributed by atoms with Gasteiger partial charge >= 0.3 is 0 Å². The summed E-state index contributed by atoms with van der Waals surface area (Å²) in [6.07, 6.45) is 0.605. The third-order valence-electron chi connectivity index (χ3n) is 1.15. The summed E-state index contributed by atoms with van der Waals surface area (Å²) in [7, 11) is 0. The smallest absolute Gasteiger partial charge is 0.104 e. The van der Waals surface area contributed by atoms with Crippen LogP contribution in [0.3, 0.4) is 0 Å². The van der Waals surface area contributed by atoms with Crippen molar-refractivity contribution in [2.45, 2.75) is 32.9 Å². The highest BCUT2D eigenvalue weighted by atomic mass is 19.1. The highest BCUT2D eigenvalue weighted by Gasteiger charge is 2.10. The summed E-state index contributed by atoms with van der Waals surface area (Å²) in [5.41, 5.74) is 0. The van der Waals surface area contributed by atoms with Gasteiger partial charge in [-0.05, 0) is 0 Å². The molecule has 2 heteroatoms. The van der Waals surface area contributed by atoms with Gasteiger partial charge in [0.15, 0.2) is 0 Å². The molecule has 1 aliphatic rings. The molecule has 0 saturated carbocycles. The number of hydrogen-bond acceptors (Lipinski definition) is 1. The summed E-state index contributed by atoms with van der Waals surface area (Å²) in [5.74, 6) is 0. The van der Waals surface area contributed by atoms with Gasteiger partial charge in [-0.3, -0.25) is 0 Å². The standard InChI is InChI=1S/C5H9FO.C2H6/c6-5-1-3-7-4-2-5;1-2/h5H,1-4H2;1-2H3. The number of halogens is 1. The Morgan fingerprint density at radius 2 is 1.67 bits per heavy atom. The van der Waals surface area contributed by atoms with Crippen LogP contribution in [-0.2, 0) is 4.74 Å². The van der Waals surface area contributed by atoms with Crippen LogP contribution in [0.2, 0.25) is 0 Å². The van der Waals surface area contributed by atoms with E-state index in [1.54, 1.807) is 0 Å². The van der Waals surface area contributed by atoms with Gasteiger partial charge in [0.2, 0.25) is 0 Å². The van der Waals surface area contributed by atoms with E-state index < -0.39 is 6.17 Å². The molecule has 1 rings (SSSR count). The topological polar surface area (TPSA) is 9.23 Å². The average molecular weight is 134 g/mol. The van der Waals surface area contributed by atoms with Crippen LogP contribution < -0.4 is 0 Å². The Kier molecular flexibility index (Phi) is 5.94. The maximum atomic E-state index is 12.1. The molecule has 0 N–H and O–H groups in total. The first kappa shape index (κ1) is 8.89. The van der Waals surface area contributed by atoms with Crippen LogP contribution in [0.1, 0.15) is 26.7 Å². The fourth-order valence-electron chi connectivity index (χ4n) is 0.669. The van der Waals surface area contributed by atoms with Crippen LogP contribution >= 0.6 is 0 Å². The van der Waals surface area contributed by atoms with Gasteiger partial charge in [-0.1, -0.05) is 13.8 Å². The van der Waals surface area contributed by atoms with Gasteiger partial charge in [-0.25, -0.2) is 4.39 Å². The highest BCUT2D eigenvalue weighted by molar-refractivity contribution is 4.58. The van der Waals surface area contributed by atoms with Crippen LogP contribution in [0, 0.1) is 0 Å². The van der Waals surface area contributed by atoms with E-state index in [0.717, 1.165) is 0 Å². The Hall–Kier alpha value is -0.110. The molecule has 0 spiro atoms. The van der Waals surface area contributed by atoms with E-state index in [0.29, 0.717) is 26.1 Å². The zero-order valence-corrected chi connectivity index (χ0v) is 6.19. The van der Waals surface area contributed by atoms with E-state index in [1.807, 2.05) is 13.8 Å². The number of alkyl halides is 1. The van der Waals surface area contributed by atoms with Crippen molar-refractivity contribution in [2.75, 3.05) is 13.2 Å². The molecule has 0 aromatic rings. The Morgan fingerprint density at radius 1 is 1.22 bits per heavy atom. The fraction of sp³-hybridized carbons (Fsp3) is 1.00. The van der Waals surface area contributed by atoms with Gasteiger partial charge < -0.3 is 4.74 Å². The average Bonchev–Trinajstić information content (AvgIpc) is 1.94. The van der Waals surface area contributed by atoms with Crippen LogP contribution in [-0.4, -0.2) is 19.4 Å². The van der Waals surface area contributed by atoms with Gasteiger partial charge in [-0.2, -0.15) is 0 Å². The third kappa shape index (κ3) is 4.40. The Balaban J connectivity index is 0.000000291. The second-order valence-electron chi connectivity index (χ2n) is 1.79. The molecule has 0 radical (unpaired) electrons. The largest absolute Gasteiger partial charge is 0.381 e. The summed E-state index contributed by atoms with van der Waals surface area (Å²) < 4.78 is 17.0. The molecule has 1 saturated heterocycles. The lowest BCUT2D eigenvalue weighted by atomic mass is 10.2. The van der Waals surface area contributed by atoms with Gasteiger partial charge in [0.05, 0.1) is 0 Å². The van der Waals surface area contributed by atoms with E-state index in [2.05, 4.69) is 0 Å². The Labute approximate surface area is 56.2 Å². The van der Waals surface area contributed by atoms with E-state index in [9.17, 15) is 4.39 Å². The maximum Gasteiger partial charge on any atom is 0.104 e. The molecule has 1 fully saturated rings. The zero-order chi connectivity index (χ0) is 7.11. The first-order chi connectivity index (χ1) is 4.39. The second kappa shape index (κ2) is 6.02. The van der Waals surface area contributed by atoms with Crippen molar-refractivity contribution in [1.29, 1.82) is 0 Å². The van der Waals surface area contributed by atoms with Crippen molar-refractivity contribution in [1.82, 2.24) is 0 Å². The van der Waals surface area contributed by atoms with E-state index in [-0.39, 0.29) is 0 Å². The number of rotatable bonds is 0. The molecule has 0 aromatic carbocycles. The molecule has 1 aliphatic heterocycles. The maximum absolute atomic E-state index is 12.1. The molecule has 0 aromatic heterocycles. The number of hydrogen-bond donors (Lipinski definition) is 0.